The number of carbonyl (C=O) groups excluding carboxylic acids is 2. The van der Waals surface area contributed by atoms with Crippen LogP contribution in [-0.4, -0.2) is 56.7 Å². The number of nitrogens with one attached hydrogen (secondary N) is 1. The van der Waals surface area contributed by atoms with Crippen LogP contribution in [0, 0.1) is 0 Å². The molecule has 3 aromatic rings. The lowest BCUT2D eigenvalue weighted by molar-refractivity contribution is -0.116. The van der Waals surface area contributed by atoms with Crippen molar-refractivity contribution in [1.82, 2.24) is 25.1 Å². The minimum Gasteiger partial charge on any atom is -0.325 e. The van der Waals surface area contributed by atoms with Gasteiger partial charge in [-0.05, 0) is 58.3 Å². The van der Waals surface area contributed by atoms with Gasteiger partial charge in [0.15, 0.2) is 0 Å². The zero-order valence-corrected chi connectivity index (χ0v) is 16.9. The molecule has 2 aromatic carbocycles. The van der Waals surface area contributed by atoms with E-state index in [4.69, 9.17) is 0 Å². The molecule has 3 amide bonds. The van der Waals surface area contributed by atoms with Gasteiger partial charge in [-0.2, -0.15) is 0 Å². The molecule has 1 N–H and O–H groups in total. The van der Waals surface area contributed by atoms with E-state index in [1.165, 1.54) is 16.6 Å². The Morgan fingerprint density at radius 3 is 2.37 bits per heavy atom. The van der Waals surface area contributed by atoms with Crippen LogP contribution in [0.15, 0.2) is 54.9 Å². The van der Waals surface area contributed by atoms with Crippen LogP contribution >= 0.6 is 0 Å². The second-order valence-electron chi connectivity index (χ2n) is 7.45. The van der Waals surface area contributed by atoms with Crippen molar-refractivity contribution >= 4 is 23.3 Å². The number of hydrogen-bond acceptors (Lipinski definition) is 5. The molecule has 9 nitrogen and oxygen atoms in total. The maximum Gasteiger partial charge on any atom is 0.325 e. The Balaban J connectivity index is 1.34. The number of hydrogen-bond donors (Lipinski definition) is 1. The third-order valence-electron chi connectivity index (χ3n) is 5.07. The van der Waals surface area contributed by atoms with Gasteiger partial charge >= 0.3 is 6.03 Å². The Hall–Kier alpha value is -3.75. The Kier molecular flexibility index (Phi) is 5.42. The van der Waals surface area contributed by atoms with Gasteiger partial charge in [0.05, 0.1) is 5.69 Å². The minimum absolute atomic E-state index is 0.00809. The Morgan fingerprint density at radius 1 is 1.03 bits per heavy atom. The van der Waals surface area contributed by atoms with E-state index >= 15 is 0 Å². The third-order valence-corrected chi connectivity index (χ3v) is 5.07. The lowest BCUT2D eigenvalue weighted by Gasteiger charge is -2.19. The van der Waals surface area contributed by atoms with Gasteiger partial charge in [-0.15, -0.1) is 5.10 Å². The Labute approximate surface area is 174 Å². The van der Waals surface area contributed by atoms with Gasteiger partial charge in [0.25, 0.3) is 0 Å². The van der Waals surface area contributed by atoms with Crippen LogP contribution in [-0.2, 0) is 4.79 Å². The molecule has 0 saturated carbocycles. The molecule has 30 heavy (non-hydrogen) atoms. The maximum atomic E-state index is 12.7. The van der Waals surface area contributed by atoms with E-state index in [2.05, 4.69) is 34.7 Å². The van der Waals surface area contributed by atoms with Crippen LogP contribution in [0.5, 0.6) is 0 Å². The number of nitrogens with zero attached hydrogens (tertiary/aromatic N) is 6. The second-order valence-corrected chi connectivity index (χ2v) is 7.45. The summed E-state index contributed by atoms with van der Waals surface area (Å²) in [7, 11) is 0. The summed E-state index contributed by atoms with van der Waals surface area (Å²) < 4.78 is 1.52. The summed E-state index contributed by atoms with van der Waals surface area (Å²) in [5.41, 5.74) is 3.51. The minimum atomic E-state index is -0.240. The fourth-order valence-corrected chi connectivity index (χ4v) is 3.36. The lowest BCUT2D eigenvalue weighted by atomic mass is 10.0. The summed E-state index contributed by atoms with van der Waals surface area (Å²) in [6.07, 6.45) is 1.49. The van der Waals surface area contributed by atoms with Crippen LogP contribution in [0.25, 0.3) is 5.69 Å². The third kappa shape index (κ3) is 4.14. The summed E-state index contributed by atoms with van der Waals surface area (Å²) in [4.78, 5) is 28.4. The average molecular weight is 405 g/mol. The summed E-state index contributed by atoms with van der Waals surface area (Å²) in [6, 6.07) is 15.0. The van der Waals surface area contributed by atoms with Crippen LogP contribution in [0.1, 0.15) is 25.3 Å². The lowest BCUT2D eigenvalue weighted by Crippen LogP contribution is -2.37. The molecule has 2 heterocycles. The van der Waals surface area contributed by atoms with Crippen molar-refractivity contribution in [1.29, 1.82) is 0 Å². The molecule has 154 valence electrons. The predicted molar refractivity (Wildman–Crippen MR) is 113 cm³/mol. The Bertz CT molecular complexity index is 1010. The van der Waals surface area contributed by atoms with Crippen LogP contribution in [0.2, 0.25) is 0 Å². The van der Waals surface area contributed by atoms with Crippen LogP contribution < -0.4 is 10.2 Å². The molecule has 4 rings (SSSR count). The molecule has 0 unspecified atom stereocenters. The maximum absolute atomic E-state index is 12.7. The second kappa shape index (κ2) is 8.32. The quantitative estimate of drug-likeness (QED) is 0.680. The standard InChI is InChI=1S/C21H23N7O2/c1-15(2)16-3-7-18(8-4-16)27-12-11-26(21(27)30)13-20(29)23-17-5-9-19(10-6-17)28-14-22-24-25-28/h3-10,14-15H,11-13H2,1-2H3,(H,23,29). The molecule has 1 fully saturated rings. The highest BCUT2D eigenvalue weighted by atomic mass is 16.2. The average Bonchev–Trinajstić information content (AvgIpc) is 3.40. The van der Waals surface area contributed by atoms with Crippen molar-refractivity contribution < 1.29 is 9.59 Å². The zero-order chi connectivity index (χ0) is 21.1. The highest BCUT2D eigenvalue weighted by Gasteiger charge is 2.30. The van der Waals surface area contributed by atoms with Gasteiger partial charge in [0.1, 0.15) is 12.9 Å². The number of benzene rings is 2. The van der Waals surface area contributed by atoms with Crippen LogP contribution in [0.4, 0.5) is 16.2 Å². The molecule has 1 saturated heterocycles. The number of urea groups is 1. The molecular weight excluding hydrogens is 382 g/mol. The number of aromatic nitrogens is 4. The molecule has 0 spiro atoms. The summed E-state index contributed by atoms with van der Waals surface area (Å²) in [6.45, 7) is 5.35. The van der Waals surface area contributed by atoms with E-state index in [1.54, 1.807) is 34.1 Å². The highest BCUT2D eigenvalue weighted by Crippen LogP contribution is 2.23. The van der Waals surface area contributed by atoms with Crippen molar-refractivity contribution in [2.75, 3.05) is 29.9 Å². The molecule has 1 aliphatic heterocycles. The van der Waals surface area contributed by atoms with E-state index in [9.17, 15) is 9.59 Å². The van der Waals surface area contributed by atoms with E-state index in [0.717, 1.165) is 11.4 Å². The first-order valence-corrected chi connectivity index (χ1v) is 9.81. The Morgan fingerprint density at radius 2 is 1.73 bits per heavy atom. The fourth-order valence-electron chi connectivity index (χ4n) is 3.36. The number of rotatable bonds is 6. The molecule has 0 atom stereocenters. The number of anilines is 2. The summed E-state index contributed by atoms with van der Waals surface area (Å²) >= 11 is 0. The molecule has 0 aliphatic carbocycles. The fraction of sp³-hybridized carbons (Fsp3) is 0.286. The van der Waals surface area contributed by atoms with E-state index in [1.807, 2.05) is 24.3 Å². The largest absolute Gasteiger partial charge is 0.325 e. The SMILES string of the molecule is CC(C)c1ccc(N2CCN(CC(=O)Nc3ccc(-n4cnnn4)cc3)C2=O)cc1. The van der Waals surface area contributed by atoms with Gasteiger partial charge in [0, 0.05) is 24.5 Å². The van der Waals surface area contributed by atoms with E-state index < -0.39 is 0 Å². The van der Waals surface area contributed by atoms with Crippen molar-refractivity contribution in [3.05, 3.63) is 60.4 Å². The van der Waals surface area contributed by atoms with Gasteiger partial charge in [0.2, 0.25) is 5.91 Å². The van der Waals surface area contributed by atoms with Gasteiger partial charge in [-0.3, -0.25) is 9.69 Å². The van der Waals surface area contributed by atoms with E-state index in [0.29, 0.717) is 24.7 Å². The normalized spacial score (nSPS) is 13.9. The topological polar surface area (TPSA) is 96.2 Å². The van der Waals surface area contributed by atoms with Crippen molar-refractivity contribution in [2.45, 2.75) is 19.8 Å². The van der Waals surface area contributed by atoms with Gasteiger partial charge < -0.3 is 10.2 Å². The molecule has 1 aliphatic rings. The summed E-state index contributed by atoms with van der Waals surface area (Å²) in [5, 5.41) is 13.8. The molecule has 0 bridgehead atoms. The number of tetrazole rings is 1. The molecule has 1 aromatic heterocycles. The monoisotopic (exact) mass is 405 g/mol. The van der Waals surface area contributed by atoms with Crippen molar-refractivity contribution in [2.24, 2.45) is 0 Å². The number of amides is 3. The first-order valence-electron chi connectivity index (χ1n) is 9.81. The predicted octanol–water partition coefficient (Wildman–Crippen LogP) is 2.67. The molecule has 0 radical (unpaired) electrons. The zero-order valence-electron chi connectivity index (χ0n) is 16.9. The van der Waals surface area contributed by atoms with E-state index in [-0.39, 0.29) is 18.5 Å². The van der Waals surface area contributed by atoms with Crippen molar-refractivity contribution in [3.63, 3.8) is 0 Å². The van der Waals surface area contributed by atoms with Gasteiger partial charge in [-0.25, -0.2) is 9.48 Å². The van der Waals surface area contributed by atoms with Crippen LogP contribution in [0.3, 0.4) is 0 Å². The summed E-state index contributed by atoms with van der Waals surface area (Å²) in [5.74, 6) is 0.200. The number of carbonyl (C=O) groups is 2. The van der Waals surface area contributed by atoms with Crippen molar-refractivity contribution in [3.8, 4) is 5.69 Å². The van der Waals surface area contributed by atoms with Gasteiger partial charge in [-0.1, -0.05) is 26.0 Å². The first kappa shape index (κ1) is 19.6. The molecular formula is C21H23N7O2. The molecule has 9 heteroatoms. The highest BCUT2D eigenvalue weighted by molar-refractivity contribution is 5.99. The smallest absolute Gasteiger partial charge is 0.325 e. The first-order chi connectivity index (χ1) is 14.5.